The molecule has 1 amide bonds. The minimum atomic E-state index is -0.726. The van der Waals surface area contributed by atoms with Crippen LogP contribution in [0.25, 0.3) is 0 Å². The summed E-state index contributed by atoms with van der Waals surface area (Å²) < 4.78 is 19.3. The zero-order chi connectivity index (χ0) is 19.4. The molecule has 2 N–H and O–H groups in total. The van der Waals surface area contributed by atoms with Gasteiger partial charge in [-0.05, 0) is 37.3 Å². The number of amides is 1. The Bertz CT molecular complexity index is 983. The third-order valence-corrected chi connectivity index (χ3v) is 4.00. The van der Waals surface area contributed by atoms with Crippen molar-refractivity contribution >= 4 is 29.0 Å². The predicted molar refractivity (Wildman–Crippen MR) is 99.0 cm³/mol. The molecule has 3 rings (SSSR count). The van der Waals surface area contributed by atoms with Crippen LogP contribution in [0, 0.1) is 5.82 Å². The number of ketones is 1. The first-order valence-corrected chi connectivity index (χ1v) is 8.45. The molecule has 2 heterocycles. The second-order valence-electron chi connectivity index (χ2n) is 5.47. The second kappa shape index (κ2) is 8.01. The highest BCUT2D eigenvalue weighted by Gasteiger charge is 2.20. The van der Waals surface area contributed by atoms with E-state index in [0.717, 1.165) is 6.07 Å². The molecule has 2 aromatic heterocycles. The molecule has 0 spiro atoms. The summed E-state index contributed by atoms with van der Waals surface area (Å²) in [6.07, 6.45) is 2.87. The minimum absolute atomic E-state index is 0.00363. The molecule has 0 radical (unpaired) electrons. The summed E-state index contributed by atoms with van der Waals surface area (Å²) >= 11 is 5.93. The molecule has 8 heteroatoms. The van der Waals surface area contributed by atoms with Gasteiger partial charge in [0.25, 0.3) is 5.91 Å². The number of benzene rings is 1. The van der Waals surface area contributed by atoms with Crippen LogP contribution in [-0.2, 0) is 0 Å². The molecule has 1 aromatic carbocycles. The Hall–Kier alpha value is -3.19. The van der Waals surface area contributed by atoms with Crippen molar-refractivity contribution in [1.82, 2.24) is 9.97 Å². The number of anilines is 1. The number of hydrogen-bond acceptors (Lipinski definition) is 4. The molecular weight excluding hydrogens is 373 g/mol. The average Bonchev–Trinajstić information content (AvgIpc) is 3.13. The van der Waals surface area contributed by atoms with Crippen molar-refractivity contribution in [1.29, 1.82) is 0 Å². The van der Waals surface area contributed by atoms with E-state index in [1.165, 1.54) is 24.4 Å². The SMILES string of the molecule is CCOc1ncccc1NC(=O)c1cc(C(=O)c2c(F)cccc2Cl)c[nH]1. The number of carbonyl (C=O) groups is 2. The fourth-order valence-electron chi connectivity index (χ4n) is 2.44. The van der Waals surface area contributed by atoms with Crippen LogP contribution in [0.3, 0.4) is 0 Å². The molecule has 0 aliphatic rings. The summed E-state index contributed by atoms with van der Waals surface area (Å²) in [5.74, 6) is -1.56. The number of H-pyrrole nitrogens is 1. The fourth-order valence-corrected chi connectivity index (χ4v) is 2.69. The van der Waals surface area contributed by atoms with E-state index < -0.39 is 17.5 Å². The van der Waals surface area contributed by atoms with Gasteiger partial charge in [0.05, 0.1) is 17.2 Å². The van der Waals surface area contributed by atoms with Gasteiger partial charge in [-0.2, -0.15) is 0 Å². The Balaban J connectivity index is 1.82. The van der Waals surface area contributed by atoms with E-state index >= 15 is 0 Å². The Morgan fingerprint density at radius 2 is 2.11 bits per heavy atom. The molecule has 0 fully saturated rings. The zero-order valence-electron chi connectivity index (χ0n) is 14.3. The van der Waals surface area contributed by atoms with Crippen LogP contribution in [0.15, 0.2) is 48.8 Å². The quantitative estimate of drug-likeness (QED) is 0.624. The van der Waals surface area contributed by atoms with Gasteiger partial charge in [0.2, 0.25) is 5.88 Å². The molecule has 0 saturated carbocycles. The third-order valence-electron chi connectivity index (χ3n) is 3.68. The lowest BCUT2D eigenvalue weighted by molar-refractivity contribution is 0.102. The lowest BCUT2D eigenvalue weighted by Crippen LogP contribution is -2.13. The van der Waals surface area contributed by atoms with E-state index in [0.29, 0.717) is 12.3 Å². The van der Waals surface area contributed by atoms with Crippen LogP contribution in [0.2, 0.25) is 5.02 Å². The topological polar surface area (TPSA) is 84.1 Å². The van der Waals surface area contributed by atoms with Crippen LogP contribution in [-0.4, -0.2) is 28.3 Å². The first-order chi connectivity index (χ1) is 13.0. The smallest absolute Gasteiger partial charge is 0.272 e. The van der Waals surface area contributed by atoms with Crippen LogP contribution < -0.4 is 10.1 Å². The van der Waals surface area contributed by atoms with Crippen molar-refractivity contribution in [3.05, 3.63) is 76.5 Å². The Labute approximate surface area is 159 Å². The molecule has 0 bridgehead atoms. The maximum atomic E-state index is 13.9. The zero-order valence-corrected chi connectivity index (χ0v) is 15.0. The van der Waals surface area contributed by atoms with Crippen LogP contribution in [0.1, 0.15) is 33.3 Å². The van der Waals surface area contributed by atoms with Gasteiger partial charge in [-0.1, -0.05) is 17.7 Å². The number of halogens is 2. The molecule has 6 nitrogen and oxygen atoms in total. The number of hydrogen-bond donors (Lipinski definition) is 2. The third kappa shape index (κ3) is 3.98. The largest absolute Gasteiger partial charge is 0.476 e. The number of pyridine rings is 1. The van der Waals surface area contributed by atoms with Gasteiger partial charge in [0.15, 0.2) is 5.78 Å². The average molecular weight is 388 g/mol. The van der Waals surface area contributed by atoms with Gasteiger partial charge < -0.3 is 15.0 Å². The highest BCUT2D eigenvalue weighted by Crippen LogP contribution is 2.24. The van der Waals surface area contributed by atoms with E-state index in [1.807, 2.05) is 0 Å². The van der Waals surface area contributed by atoms with Crippen molar-refractivity contribution in [2.24, 2.45) is 0 Å². The summed E-state index contributed by atoms with van der Waals surface area (Å²) in [6, 6.07) is 8.62. The number of nitrogens with one attached hydrogen (secondary N) is 2. The first kappa shape index (κ1) is 18.6. The molecule has 0 aliphatic carbocycles. The maximum absolute atomic E-state index is 13.9. The molecule has 0 atom stereocenters. The van der Waals surface area contributed by atoms with E-state index in [1.54, 1.807) is 25.3 Å². The number of aromatic nitrogens is 2. The second-order valence-corrected chi connectivity index (χ2v) is 5.88. The normalized spacial score (nSPS) is 10.5. The van der Waals surface area contributed by atoms with E-state index in [9.17, 15) is 14.0 Å². The van der Waals surface area contributed by atoms with Crippen molar-refractivity contribution in [2.75, 3.05) is 11.9 Å². The van der Waals surface area contributed by atoms with Crippen LogP contribution >= 0.6 is 11.6 Å². The van der Waals surface area contributed by atoms with E-state index in [4.69, 9.17) is 16.3 Å². The van der Waals surface area contributed by atoms with Gasteiger partial charge in [-0.15, -0.1) is 0 Å². The first-order valence-electron chi connectivity index (χ1n) is 8.07. The molecular formula is C19H15ClFN3O3. The van der Waals surface area contributed by atoms with Crippen molar-refractivity contribution in [2.45, 2.75) is 6.92 Å². The van der Waals surface area contributed by atoms with Gasteiger partial charge in [0, 0.05) is 18.0 Å². The van der Waals surface area contributed by atoms with E-state index in [2.05, 4.69) is 15.3 Å². The highest BCUT2D eigenvalue weighted by atomic mass is 35.5. The Kier molecular flexibility index (Phi) is 5.52. The molecule has 27 heavy (non-hydrogen) atoms. The summed E-state index contributed by atoms with van der Waals surface area (Å²) in [7, 11) is 0. The minimum Gasteiger partial charge on any atom is -0.476 e. The van der Waals surface area contributed by atoms with Crippen molar-refractivity contribution in [3.8, 4) is 5.88 Å². The van der Waals surface area contributed by atoms with Gasteiger partial charge in [0.1, 0.15) is 17.2 Å². The van der Waals surface area contributed by atoms with Crippen molar-refractivity contribution < 1.29 is 18.7 Å². The summed E-state index contributed by atoms with van der Waals surface area (Å²) in [6.45, 7) is 2.20. The van der Waals surface area contributed by atoms with Crippen molar-refractivity contribution in [3.63, 3.8) is 0 Å². The van der Waals surface area contributed by atoms with Crippen LogP contribution in [0.5, 0.6) is 5.88 Å². The number of ether oxygens (including phenoxy) is 1. The molecule has 0 aliphatic heterocycles. The maximum Gasteiger partial charge on any atom is 0.272 e. The Morgan fingerprint density at radius 1 is 1.30 bits per heavy atom. The number of nitrogens with zero attached hydrogens (tertiary/aromatic N) is 1. The van der Waals surface area contributed by atoms with E-state index in [-0.39, 0.29) is 27.7 Å². The summed E-state index contributed by atoms with van der Waals surface area (Å²) in [5.41, 5.74) is 0.389. The molecule has 3 aromatic rings. The lowest BCUT2D eigenvalue weighted by atomic mass is 10.1. The summed E-state index contributed by atoms with van der Waals surface area (Å²) in [4.78, 5) is 31.7. The van der Waals surface area contributed by atoms with Gasteiger partial charge in [-0.3, -0.25) is 9.59 Å². The number of aromatic amines is 1. The summed E-state index contributed by atoms with van der Waals surface area (Å²) in [5, 5.41) is 2.66. The monoisotopic (exact) mass is 387 g/mol. The molecule has 138 valence electrons. The standard InChI is InChI=1S/C19H15ClFN3O3/c1-2-27-19-14(7-4-8-22-19)24-18(26)15-9-11(10-23-15)17(25)16-12(20)5-3-6-13(16)21/h3-10,23H,2H2,1H3,(H,24,26). The number of rotatable bonds is 6. The van der Waals surface area contributed by atoms with Crippen LogP contribution in [0.4, 0.5) is 10.1 Å². The lowest BCUT2D eigenvalue weighted by Gasteiger charge is -2.09. The van der Waals surface area contributed by atoms with Gasteiger partial charge in [-0.25, -0.2) is 9.37 Å². The highest BCUT2D eigenvalue weighted by molar-refractivity contribution is 6.35. The fraction of sp³-hybridized carbons (Fsp3) is 0.105. The predicted octanol–water partition coefficient (Wildman–Crippen LogP) is 4.08. The Morgan fingerprint density at radius 3 is 2.85 bits per heavy atom. The molecule has 0 unspecified atom stereocenters. The van der Waals surface area contributed by atoms with Gasteiger partial charge >= 0.3 is 0 Å². The number of carbonyl (C=O) groups excluding carboxylic acids is 2. The molecule has 0 saturated heterocycles.